The minimum atomic E-state index is -0.568. The van der Waals surface area contributed by atoms with E-state index in [2.05, 4.69) is 17.2 Å². The fourth-order valence-electron chi connectivity index (χ4n) is 4.92. The first kappa shape index (κ1) is 36.4. The average molecular weight is 656 g/mol. The molecule has 45 heavy (non-hydrogen) atoms. The minimum absolute atomic E-state index is 0.0708. The fourth-order valence-corrected chi connectivity index (χ4v) is 5.47. The minimum Gasteiger partial charge on any atom is -0.494 e. The van der Waals surface area contributed by atoms with Crippen molar-refractivity contribution < 1.29 is 19.0 Å². The Bertz CT molecular complexity index is 1270. The van der Waals surface area contributed by atoms with E-state index in [0.29, 0.717) is 30.2 Å². The van der Waals surface area contributed by atoms with Crippen molar-refractivity contribution in [3.8, 4) is 17.2 Å². The Morgan fingerprint density at radius 2 is 1.07 bits per heavy atom. The van der Waals surface area contributed by atoms with Gasteiger partial charge in [0.1, 0.15) is 11.5 Å². The number of carbonyl (C=O) groups excluding carboxylic acids is 1. The molecule has 0 amide bonds. The summed E-state index contributed by atoms with van der Waals surface area (Å²) in [5, 5.41) is 8.71. The zero-order valence-electron chi connectivity index (χ0n) is 26.9. The number of unbranched alkanes of at least 4 members (excludes halogenated alkanes) is 13. The molecular weight excluding hydrogens is 607 g/mol. The lowest BCUT2D eigenvalue weighted by Crippen LogP contribution is -2.09. The summed E-state index contributed by atoms with van der Waals surface area (Å²) in [6.07, 6.45) is 18.6. The van der Waals surface area contributed by atoms with Crippen molar-refractivity contribution in [3.05, 3.63) is 76.3 Å². The van der Waals surface area contributed by atoms with E-state index in [1.54, 1.807) is 48.5 Å². The molecule has 0 aliphatic heterocycles. The first-order valence-corrected chi connectivity index (χ1v) is 17.3. The highest BCUT2D eigenvalue weighted by molar-refractivity contribution is 6.37. The van der Waals surface area contributed by atoms with Crippen molar-refractivity contribution in [3.63, 3.8) is 0 Å². The first-order valence-electron chi connectivity index (χ1n) is 16.6. The Kier molecular flexibility index (Phi) is 17.5. The van der Waals surface area contributed by atoms with Gasteiger partial charge in [0.2, 0.25) is 0 Å². The molecule has 244 valence electrons. The van der Waals surface area contributed by atoms with Crippen molar-refractivity contribution in [2.24, 2.45) is 10.2 Å². The quantitative estimate of drug-likeness (QED) is 0.0467. The molecule has 6 nitrogen and oxygen atoms in total. The molecule has 0 aromatic heterocycles. The first-order chi connectivity index (χ1) is 22.0. The van der Waals surface area contributed by atoms with Crippen LogP contribution in [0.25, 0.3) is 0 Å². The Morgan fingerprint density at radius 3 is 1.60 bits per heavy atom. The fraction of sp³-hybridized carbons (Fsp3) is 0.486. The number of nitrogens with zero attached hydrogens (tertiary/aromatic N) is 2. The van der Waals surface area contributed by atoms with Gasteiger partial charge in [-0.25, -0.2) is 4.79 Å². The van der Waals surface area contributed by atoms with Crippen molar-refractivity contribution in [1.29, 1.82) is 0 Å². The number of carbonyl (C=O) groups is 1. The second-order valence-electron chi connectivity index (χ2n) is 11.2. The third-order valence-electron chi connectivity index (χ3n) is 7.46. The summed E-state index contributed by atoms with van der Waals surface area (Å²) in [6, 6.07) is 17.2. The van der Waals surface area contributed by atoms with Crippen LogP contribution in [-0.4, -0.2) is 19.2 Å². The van der Waals surface area contributed by atoms with Crippen LogP contribution in [-0.2, 0) is 0 Å². The van der Waals surface area contributed by atoms with Gasteiger partial charge in [-0.2, -0.15) is 10.2 Å². The van der Waals surface area contributed by atoms with Crippen LogP contribution in [0, 0.1) is 0 Å². The van der Waals surface area contributed by atoms with E-state index in [0.717, 1.165) is 17.9 Å². The highest BCUT2D eigenvalue weighted by Crippen LogP contribution is 2.38. The number of hydrogen-bond acceptors (Lipinski definition) is 6. The van der Waals surface area contributed by atoms with E-state index < -0.39 is 5.97 Å². The molecule has 0 radical (unpaired) electrons. The zero-order chi connectivity index (χ0) is 32.1. The van der Waals surface area contributed by atoms with Crippen LogP contribution >= 0.6 is 23.2 Å². The predicted molar refractivity (Wildman–Crippen MR) is 185 cm³/mol. The molecule has 0 aliphatic rings. The molecule has 0 heterocycles. The van der Waals surface area contributed by atoms with Gasteiger partial charge in [-0.1, -0.05) is 114 Å². The predicted octanol–water partition coefficient (Wildman–Crippen LogP) is 12.9. The SMILES string of the molecule is CCCCCCCCCCCCCCCCOc1ccc(C(=O)Oc2c(Cl)cc(N=Nc3ccc(OCC)cc3)cc2Cl)cc1. The van der Waals surface area contributed by atoms with Gasteiger partial charge < -0.3 is 14.2 Å². The third-order valence-corrected chi connectivity index (χ3v) is 8.02. The summed E-state index contributed by atoms with van der Waals surface area (Å²) in [7, 11) is 0. The maximum Gasteiger partial charge on any atom is 0.343 e. The molecule has 3 rings (SSSR count). The van der Waals surface area contributed by atoms with E-state index in [4.69, 9.17) is 37.4 Å². The molecule has 0 saturated heterocycles. The second kappa shape index (κ2) is 21.6. The topological polar surface area (TPSA) is 69.5 Å². The molecule has 3 aromatic rings. The Hall–Kier alpha value is -3.09. The number of hydrogen-bond donors (Lipinski definition) is 0. The number of esters is 1. The van der Waals surface area contributed by atoms with Gasteiger partial charge >= 0.3 is 5.97 Å². The van der Waals surface area contributed by atoms with Gasteiger partial charge in [0.15, 0.2) is 5.75 Å². The maximum atomic E-state index is 12.8. The maximum absolute atomic E-state index is 12.8. The van der Waals surface area contributed by atoms with Crippen LogP contribution in [0.2, 0.25) is 10.0 Å². The van der Waals surface area contributed by atoms with Crippen LogP contribution in [0.5, 0.6) is 17.2 Å². The van der Waals surface area contributed by atoms with Crippen molar-refractivity contribution in [2.75, 3.05) is 13.2 Å². The largest absolute Gasteiger partial charge is 0.494 e. The Morgan fingerprint density at radius 1 is 0.600 bits per heavy atom. The lowest BCUT2D eigenvalue weighted by molar-refractivity contribution is 0.0735. The summed E-state index contributed by atoms with van der Waals surface area (Å²) in [5.41, 5.74) is 1.44. The molecule has 0 aliphatic carbocycles. The van der Waals surface area contributed by atoms with Gasteiger partial charge in [-0.15, -0.1) is 0 Å². The summed E-state index contributed by atoms with van der Waals surface area (Å²) < 4.78 is 16.8. The van der Waals surface area contributed by atoms with Crippen molar-refractivity contribution >= 4 is 40.5 Å². The summed E-state index contributed by atoms with van der Waals surface area (Å²) in [6.45, 7) is 5.45. The molecule has 0 fully saturated rings. The summed E-state index contributed by atoms with van der Waals surface area (Å²) >= 11 is 12.8. The van der Waals surface area contributed by atoms with Crippen molar-refractivity contribution in [2.45, 2.75) is 104 Å². The number of azo groups is 1. The number of ether oxygens (including phenoxy) is 3. The Balaban J connectivity index is 1.32. The normalized spacial score (nSPS) is 11.2. The number of rotatable bonds is 22. The molecule has 0 bridgehead atoms. The lowest BCUT2D eigenvalue weighted by Gasteiger charge is -2.10. The standard InChI is InChI=1S/C37H48Cl2N2O4/c1-3-5-6-7-8-9-10-11-12-13-14-15-16-17-26-44-33-22-18-29(19-23-33)37(42)45-36-34(38)27-31(28-35(36)39)41-40-30-20-24-32(25-21-30)43-4-2/h18-25,27-28H,3-17,26H2,1-2H3. The number of halogens is 2. The van der Waals surface area contributed by atoms with E-state index in [9.17, 15) is 4.79 Å². The van der Waals surface area contributed by atoms with Crippen LogP contribution in [0.1, 0.15) is 114 Å². The second-order valence-corrected chi connectivity index (χ2v) is 12.0. The average Bonchev–Trinajstić information content (AvgIpc) is 3.04. The van der Waals surface area contributed by atoms with Crippen LogP contribution in [0.3, 0.4) is 0 Å². The smallest absolute Gasteiger partial charge is 0.343 e. The molecule has 8 heteroatoms. The van der Waals surface area contributed by atoms with Crippen LogP contribution in [0.15, 0.2) is 70.9 Å². The molecular formula is C37H48Cl2N2O4. The van der Waals surface area contributed by atoms with Gasteiger partial charge in [0.25, 0.3) is 0 Å². The van der Waals surface area contributed by atoms with Gasteiger partial charge in [0, 0.05) is 0 Å². The zero-order valence-corrected chi connectivity index (χ0v) is 28.4. The monoisotopic (exact) mass is 654 g/mol. The molecule has 0 saturated carbocycles. The summed E-state index contributed by atoms with van der Waals surface area (Å²) in [5.74, 6) is 0.984. The van der Waals surface area contributed by atoms with Gasteiger partial charge in [-0.05, 0) is 74.0 Å². The molecule has 0 spiro atoms. The molecule has 0 unspecified atom stereocenters. The highest BCUT2D eigenvalue weighted by Gasteiger charge is 2.16. The molecule has 0 N–H and O–H groups in total. The number of benzene rings is 3. The van der Waals surface area contributed by atoms with Crippen molar-refractivity contribution in [1.82, 2.24) is 0 Å². The Labute approximate surface area is 279 Å². The van der Waals surface area contributed by atoms with E-state index >= 15 is 0 Å². The van der Waals surface area contributed by atoms with E-state index in [1.807, 2.05) is 19.1 Å². The lowest BCUT2D eigenvalue weighted by atomic mass is 10.0. The van der Waals surface area contributed by atoms with E-state index in [-0.39, 0.29) is 15.8 Å². The highest BCUT2D eigenvalue weighted by atomic mass is 35.5. The molecule has 0 atom stereocenters. The van der Waals surface area contributed by atoms with Gasteiger partial charge in [-0.3, -0.25) is 0 Å². The summed E-state index contributed by atoms with van der Waals surface area (Å²) in [4.78, 5) is 12.8. The van der Waals surface area contributed by atoms with Crippen LogP contribution in [0.4, 0.5) is 11.4 Å². The van der Waals surface area contributed by atoms with E-state index in [1.165, 1.54) is 83.5 Å². The molecule has 3 aromatic carbocycles. The van der Waals surface area contributed by atoms with Crippen LogP contribution < -0.4 is 14.2 Å². The third kappa shape index (κ3) is 14.3. The van der Waals surface area contributed by atoms with Gasteiger partial charge in [0.05, 0.1) is 40.2 Å².